The Kier molecular flexibility index (Phi) is 4.84. The van der Waals surface area contributed by atoms with Crippen LogP contribution in [0.25, 0.3) is 0 Å². The molecule has 2 saturated heterocycles. The van der Waals surface area contributed by atoms with Crippen molar-refractivity contribution in [2.45, 2.75) is 18.4 Å². The number of nitrogens with zero attached hydrogens (tertiary/aromatic N) is 6. The van der Waals surface area contributed by atoms with Crippen molar-refractivity contribution in [2.24, 2.45) is 0 Å². The van der Waals surface area contributed by atoms with Crippen LogP contribution in [0.4, 0.5) is 23.1 Å². The molecule has 2 aromatic rings. The molecule has 9 nitrogen and oxygen atoms in total. The van der Waals surface area contributed by atoms with E-state index in [0.717, 1.165) is 69.0 Å². The van der Waals surface area contributed by atoms with E-state index in [0.29, 0.717) is 5.54 Å². The summed E-state index contributed by atoms with van der Waals surface area (Å²) in [4.78, 5) is 20.5. The van der Waals surface area contributed by atoms with Gasteiger partial charge in [-0.3, -0.25) is 5.43 Å². The van der Waals surface area contributed by atoms with Crippen molar-refractivity contribution in [3.05, 3.63) is 30.7 Å². The van der Waals surface area contributed by atoms with Crippen molar-refractivity contribution >= 4 is 23.1 Å². The summed E-state index contributed by atoms with van der Waals surface area (Å²) in [6.45, 7) is 7.08. The Morgan fingerprint density at radius 2 is 1.69 bits per heavy atom. The van der Waals surface area contributed by atoms with Gasteiger partial charge in [-0.15, -0.1) is 0 Å². The molecule has 0 aromatic carbocycles. The number of hydrogen-bond donors (Lipinski definition) is 3. The van der Waals surface area contributed by atoms with Crippen LogP contribution in [-0.4, -0.2) is 78.3 Å². The number of rotatable bonds is 5. The number of aromatic nitrogens is 3. The molecule has 1 saturated carbocycles. The average molecular weight is 396 g/mol. The Hall–Kier alpha value is -2.65. The quantitative estimate of drug-likeness (QED) is 0.642. The number of piperazine rings is 2. The van der Waals surface area contributed by atoms with E-state index in [1.165, 1.54) is 12.8 Å². The van der Waals surface area contributed by atoms with E-state index < -0.39 is 0 Å². The van der Waals surface area contributed by atoms with Gasteiger partial charge in [0, 0.05) is 63.6 Å². The van der Waals surface area contributed by atoms with Crippen LogP contribution in [0.15, 0.2) is 30.7 Å². The fourth-order valence-electron chi connectivity index (χ4n) is 4.01. The van der Waals surface area contributed by atoms with Crippen LogP contribution in [0.5, 0.6) is 0 Å². The minimum Gasteiger partial charge on any atom is -0.353 e. The maximum absolute atomic E-state index is 4.58. The Balaban J connectivity index is 1.18. The van der Waals surface area contributed by atoms with Gasteiger partial charge in [-0.1, -0.05) is 0 Å². The minimum atomic E-state index is 0.338. The van der Waals surface area contributed by atoms with Gasteiger partial charge in [0.1, 0.15) is 5.82 Å². The predicted molar refractivity (Wildman–Crippen MR) is 115 cm³/mol. The molecule has 3 fully saturated rings. The van der Waals surface area contributed by atoms with Crippen molar-refractivity contribution in [1.29, 1.82) is 0 Å². The maximum atomic E-state index is 4.58. The Morgan fingerprint density at radius 1 is 0.931 bits per heavy atom. The lowest BCUT2D eigenvalue weighted by molar-refractivity contribution is 0.311. The Morgan fingerprint density at radius 3 is 2.45 bits per heavy atom. The fraction of sp³-hybridized carbons (Fsp3) is 0.550. The molecule has 4 heterocycles. The van der Waals surface area contributed by atoms with Crippen LogP contribution < -0.4 is 26.0 Å². The van der Waals surface area contributed by atoms with E-state index in [-0.39, 0.29) is 0 Å². The highest BCUT2D eigenvalue weighted by molar-refractivity contribution is 5.57. The number of nitrogens with one attached hydrogen (secondary N) is 3. The predicted octanol–water partition coefficient (Wildman–Crippen LogP) is 1.00. The molecule has 5 rings (SSSR count). The third kappa shape index (κ3) is 4.20. The molecular weight excluding hydrogens is 366 g/mol. The number of anilines is 4. The Labute approximate surface area is 171 Å². The molecule has 29 heavy (non-hydrogen) atoms. The molecule has 2 aromatic heterocycles. The number of hydrogen-bond acceptors (Lipinski definition) is 9. The summed E-state index contributed by atoms with van der Waals surface area (Å²) in [5.74, 6) is 1.81. The lowest BCUT2D eigenvalue weighted by Gasteiger charge is -2.35. The molecule has 0 unspecified atom stereocenters. The smallest absolute Gasteiger partial charge is 0.225 e. The normalized spacial score (nSPS) is 21.3. The van der Waals surface area contributed by atoms with E-state index >= 15 is 0 Å². The fourth-order valence-corrected chi connectivity index (χ4v) is 4.01. The summed E-state index contributed by atoms with van der Waals surface area (Å²) >= 11 is 0. The molecular formula is C20H29N9. The van der Waals surface area contributed by atoms with E-state index in [4.69, 9.17) is 0 Å². The largest absolute Gasteiger partial charge is 0.353 e. The molecule has 3 aliphatic rings. The Bertz CT molecular complexity index is 828. The summed E-state index contributed by atoms with van der Waals surface area (Å²) in [7, 11) is 2.15. The third-order valence-electron chi connectivity index (χ3n) is 6.07. The lowest BCUT2D eigenvalue weighted by atomic mass is 10.2. The second-order valence-corrected chi connectivity index (χ2v) is 8.34. The van der Waals surface area contributed by atoms with Gasteiger partial charge in [0.25, 0.3) is 0 Å². The molecule has 1 spiro atoms. The maximum Gasteiger partial charge on any atom is 0.225 e. The molecule has 0 radical (unpaired) electrons. The van der Waals surface area contributed by atoms with Gasteiger partial charge in [0.05, 0.1) is 23.8 Å². The zero-order valence-corrected chi connectivity index (χ0v) is 16.9. The third-order valence-corrected chi connectivity index (χ3v) is 6.07. The van der Waals surface area contributed by atoms with Gasteiger partial charge in [-0.2, -0.15) is 0 Å². The summed E-state index contributed by atoms with van der Waals surface area (Å²) in [6.07, 6.45) is 8.04. The van der Waals surface area contributed by atoms with E-state index in [2.05, 4.69) is 58.9 Å². The highest BCUT2D eigenvalue weighted by Crippen LogP contribution is 2.38. The topological polar surface area (TPSA) is 84.5 Å². The van der Waals surface area contributed by atoms with Crippen molar-refractivity contribution in [3.63, 3.8) is 0 Å². The average Bonchev–Trinajstić information content (AvgIpc) is 3.51. The molecule has 3 N–H and O–H groups in total. The highest BCUT2D eigenvalue weighted by Gasteiger charge is 2.45. The summed E-state index contributed by atoms with van der Waals surface area (Å²) in [6, 6.07) is 4.05. The summed E-state index contributed by atoms with van der Waals surface area (Å²) in [5, 5.41) is 3.64. The van der Waals surface area contributed by atoms with Crippen LogP contribution in [-0.2, 0) is 0 Å². The number of hydrazine groups is 1. The molecule has 1 aliphatic carbocycles. The van der Waals surface area contributed by atoms with E-state index in [1.54, 1.807) is 0 Å². The monoisotopic (exact) mass is 395 g/mol. The van der Waals surface area contributed by atoms with Gasteiger partial charge in [0.15, 0.2) is 0 Å². The molecule has 0 bridgehead atoms. The van der Waals surface area contributed by atoms with Gasteiger partial charge in [-0.05, 0) is 26.0 Å². The first-order chi connectivity index (χ1) is 14.2. The standard InChI is InChI=1S/C20H29N9/c1-27-8-10-28(11-9-27)19-22-13-17(14-23-19)26-25-16-2-5-21-18(12-16)29-7-6-24-20(15-29)3-4-20/h2,5,12-14,24,26H,3-4,6-11,15H2,1H3,(H,21,25). The number of pyridine rings is 1. The van der Waals surface area contributed by atoms with Crippen LogP contribution in [0.3, 0.4) is 0 Å². The second kappa shape index (κ2) is 7.64. The zero-order valence-electron chi connectivity index (χ0n) is 16.9. The van der Waals surface area contributed by atoms with Crippen molar-refractivity contribution in [2.75, 3.05) is 73.5 Å². The minimum absolute atomic E-state index is 0.338. The summed E-state index contributed by atoms with van der Waals surface area (Å²) in [5.41, 5.74) is 8.59. The van der Waals surface area contributed by atoms with Crippen LogP contribution in [0.1, 0.15) is 12.8 Å². The highest BCUT2D eigenvalue weighted by atomic mass is 15.4. The van der Waals surface area contributed by atoms with Gasteiger partial charge < -0.3 is 25.4 Å². The van der Waals surface area contributed by atoms with Crippen LogP contribution >= 0.6 is 0 Å². The van der Waals surface area contributed by atoms with Gasteiger partial charge in [0.2, 0.25) is 5.95 Å². The first-order valence-electron chi connectivity index (χ1n) is 10.4. The molecule has 9 heteroatoms. The summed E-state index contributed by atoms with van der Waals surface area (Å²) < 4.78 is 0. The van der Waals surface area contributed by atoms with Crippen molar-refractivity contribution < 1.29 is 0 Å². The van der Waals surface area contributed by atoms with Crippen molar-refractivity contribution in [1.82, 2.24) is 25.2 Å². The SMILES string of the molecule is CN1CCN(c2ncc(NNc3ccnc(N4CCNC5(CC5)C4)c3)cn2)CC1. The van der Waals surface area contributed by atoms with Gasteiger partial charge >= 0.3 is 0 Å². The molecule has 2 aliphatic heterocycles. The first kappa shape index (κ1) is 18.4. The van der Waals surface area contributed by atoms with Crippen molar-refractivity contribution in [3.8, 4) is 0 Å². The van der Waals surface area contributed by atoms with E-state index in [1.807, 2.05) is 24.7 Å². The molecule has 154 valence electrons. The van der Waals surface area contributed by atoms with Gasteiger partial charge in [-0.25, -0.2) is 15.0 Å². The number of likely N-dealkylation sites (N-methyl/N-ethyl adjacent to an activating group) is 1. The molecule has 0 amide bonds. The second-order valence-electron chi connectivity index (χ2n) is 8.34. The van der Waals surface area contributed by atoms with Crippen LogP contribution in [0.2, 0.25) is 0 Å². The van der Waals surface area contributed by atoms with E-state index in [9.17, 15) is 0 Å². The van der Waals surface area contributed by atoms with Crippen LogP contribution in [0, 0.1) is 0 Å². The lowest BCUT2D eigenvalue weighted by Crippen LogP contribution is -2.52. The zero-order chi connectivity index (χ0) is 19.7. The molecule has 0 atom stereocenters. The first-order valence-corrected chi connectivity index (χ1v) is 10.4.